The second kappa shape index (κ2) is 20.1. The van der Waals surface area contributed by atoms with E-state index in [0.29, 0.717) is 0 Å². The van der Waals surface area contributed by atoms with Crippen LogP contribution >= 0.6 is 0 Å². The highest BCUT2D eigenvalue weighted by atomic mass is 16.6. The summed E-state index contributed by atoms with van der Waals surface area (Å²) < 4.78 is 18.1. The van der Waals surface area contributed by atoms with Gasteiger partial charge in [0.15, 0.2) is 18.3 Å². The third kappa shape index (κ3) is 11.3. The Morgan fingerprint density at radius 1 is 0.404 bits per heavy atom. The van der Waals surface area contributed by atoms with Gasteiger partial charge in [0.05, 0.1) is 0 Å². The second-order valence-electron chi connectivity index (χ2n) is 15.8. The minimum atomic E-state index is -1.36. The summed E-state index contributed by atoms with van der Waals surface area (Å²) in [5.74, 6) is -6.18. The van der Waals surface area contributed by atoms with E-state index in [1.807, 2.05) is 18.2 Å². The average Bonchev–Trinajstić information content (AvgIpc) is 3.19. The maximum Gasteiger partial charge on any atom is 0.329 e. The summed E-state index contributed by atoms with van der Waals surface area (Å²) in [5, 5.41) is 0. The summed E-state index contributed by atoms with van der Waals surface area (Å²) in [6, 6.07) is 23.4. The van der Waals surface area contributed by atoms with Crippen molar-refractivity contribution in [2.45, 2.75) is 97.2 Å². The van der Waals surface area contributed by atoms with Gasteiger partial charge in [-0.1, -0.05) is 133 Å². The zero-order valence-electron chi connectivity index (χ0n) is 34.5. The number of carbonyl (C=O) groups is 6. The highest BCUT2D eigenvalue weighted by Gasteiger charge is 2.44. The first kappa shape index (κ1) is 44.2. The smallest absolute Gasteiger partial charge is 0.329 e. The van der Waals surface area contributed by atoms with Gasteiger partial charge in [-0.05, 0) is 34.4 Å². The Labute approximate surface area is 336 Å². The zero-order chi connectivity index (χ0) is 42.0. The molecule has 0 unspecified atom stereocenters. The van der Waals surface area contributed by atoms with Gasteiger partial charge in [-0.3, -0.25) is 14.4 Å². The molecule has 3 aromatic carbocycles. The molecule has 3 aromatic rings. The molecule has 4 rings (SSSR count). The molecule has 1 aliphatic rings. The van der Waals surface area contributed by atoms with Gasteiger partial charge in [-0.2, -0.15) is 0 Å². The third-order valence-electron chi connectivity index (χ3n) is 10.4. The SMILES string of the molecule is CC(C)[C@@H]1OC(=O)[C@H](Cc2ccccc2)N(C)C(=O)[C@@H](C(C)C)OC(=O)[C@@H](Cc2ccccc2)N(C)C(=O)[C@@H](C(C)C)OC(=O)[C@H](Cc2ccccc2)N(C)C1=O. The predicted octanol–water partition coefficient (Wildman–Crippen LogP) is 4.91. The maximum atomic E-state index is 14.4. The van der Waals surface area contributed by atoms with Crippen LogP contribution in [-0.2, 0) is 62.2 Å². The number of carbonyl (C=O) groups excluding carboxylic acids is 6. The number of amides is 3. The standard InChI is InChI=1S/C45H57N3O9/c1-28(2)37-40(49)46(7)35(26-32-21-15-11-16-22-32)44(53)56-39(30(5)6)42(51)48(9)36(27-33-23-17-12-18-24-33)45(54)57-38(29(3)4)41(50)47(8)34(43(52)55-37)25-31-19-13-10-14-20-31/h10-24,28-30,34-39H,25-27H2,1-9H3/t34-,35-,36+,37-,38+,39+/m0/s1. The molecule has 1 heterocycles. The summed E-state index contributed by atoms with van der Waals surface area (Å²) >= 11 is 0. The van der Waals surface area contributed by atoms with Gasteiger partial charge in [-0.25, -0.2) is 14.4 Å². The number of cyclic esters (lactones) is 3. The molecule has 0 aromatic heterocycles. The molecule has 1 saturated heterocycles. The molecule has 12 nitrogen and oxygen atoms in total. The Morgan fingerprint density at radius 2 is 0.614 bits per heavy atom. The molecule has 1 aliphatic heterocycles. The molecular formula is C45H57N3O9. The van der Waals surface area contributed by atoms with Crippen molar-refractivity contribution in [1.29, 1.82) is 0 Å². The molecule has 0 spiro atoms. The van der Waals surface area contributed by atoms with E-state index < -0.39 is 89.8 Å². The van der Waals surface area contributed by atoms with Gasteiger partial charge >= 0.3 is 17.9 Å². The molecule has 0 N–H and O–H groups in total. The molecule has 306 valence electrons. The fourth-order valence-electron chi connectivity index (χ4n) is 6.74. The number of hydrogen-bond donors (Lipinski definition) is 0. The van der Waals surface area contributed by atoms with E-state index >= 15 is 0 Å². The van der Waals surface area contributed by atoms with Crippen molar-refractivity contribution in [2.24, 2.45) is 17.8 Å². The molecular weight excluding hydrogens is 727 g/mol. The van der Waals surface area contributed by atoms with Gasteiger partial charge < -0.3 is 28.9 Å². The third-order valence-corrected chi connectivity index (χ3v) is 10.4. The van der Waals surface area contributed by atoms with Crippen molar-refractivity contribution in [3.8, 4) is 0 Å². The van der Waals surface area contributed by atoms with E-state index in [9.17, 15) is 28.8 Å². The van der Waals surface area contributed by atoms with E-state index in [0.717, 1.165) is 16.7 Å². The molecule has 0 bridgehead atoms. The Hall–Kier alpha value is -5.52. The van der Waals surface area contributed by atoms with Crippen molar-refractivity contribution >= 4 is 35.6 Å². The van der Waals surface area contributed by atoms with Gasteiger partial charge in [-0.15, -0.1) is 0 Å². The van der Waals surface area contributed by atoms with Crippen LogP contribution in [0, 0.1) is 17.8 Å². The Balaban J connectivity index is 1.88. The number of benzene rings is 3. The Bertz CT molecular complexity index is 1620. The first-order valence-corrected chi connectivity index (χ1v) is 19.5. The minimum Gasteiger partial charge on any atom is -0.450 e. The monoisotopic (exact) mass is 783 g/mol. The summed E-state index contributed by atoms with van der Waals surface area (Å²) in [6.45, 7) is 10.3. The van der Waals surface area contributed by atoms with E-state index in [2.05, 4.69) is 0 Å². The molecule has 0 radical (unpaired) electrons. The van der Waals surface area contributed by atoms with Crippen molar-refractivity contribution in [3.63, 3.8) is 0 Å². The lowest BCUT2D eigenvalue weighted by atomic mass is 9.99. The van der Waals surface area contributed by atoms with Crippen LogP contribution in [-0.4, -0.2) is 108 Å². The first-order chi connectivity index (χ1) is 27.0. The molecule has 1 fully saturated rings. The highest BCUT2D eigenvalue weighted by molar-refractivity contribution is 5.94. The van der Waals surface area contributed by atoms with Gasteiger partial charge in [0.1, 0.15) is 18.1 Å². The van der Waals surface area contributed by atoms with Crippen molar-refractivity contribution < 1.29 is 43.0 Å². The van der Waals surface area contributed by atoms with Crippen LogP contribution in [0.25, 0.3) is 0 Å². The van der Waals surface area contributed by atoms with Crippen molar-refractivity contribution in [2.75, 3.05) is 21.1 Å². The van der Waals surface area contributed by atoms with Gasteiger partial charge in [0, 0.05) is 40.4 Å². The van der Waals surface area contributed by atoms with E-state index in [4.69, 9.17) is 14.2 Å². The van der Waals surface area contributed by atoms with Crippen LogP contribution in [0.15, 0.2) is 91.0 Å². The quantitative estimate of drug-likeness (QED) is 0.219. The Morgan fingerprint density at radius 3 is 0.807 bits per heavy atom. The van der Waals surface area contributed by atoms with Crippen molar-refractivity contribution in [1.82, 2.24) is 14.7 Å². The number of hydrogen-bond acceptors (Lipinski definition) is 9. The van der Waals surface area contributed by atoms with E-state index in [1.165, 1.54) is 35.8 Å². The number of rotatable bonds is 9. The summed E-state index contributed by atoms with van der Waals surface area (Å²) in [6.07, 6.45) is -3.99. The van der Waals surface area contributed by atoms with Crippen LogP contribution in [0.1, 0.15) is 58.2 Å². The molecule has 0 aliphatic carbocycles. The number of likely N-dealkylation sites (N-methyl/N-ethyl adjacent to an activating group) is 3. The van der Waals surface area contributed by atoms with Crippen LogP contribution in [0.3, 0.4) is 0 Å². The highest BCUT2D eigenvalue weighted by Crippen LogP contribution is 2.24. The van der Waals surface area contributed by atoms with Crippen LogP contribution in [0.2, 0.25) is 0 Å². The molecule has 57 heavy (non-hydrogen) atoms. The molecule has 6 atom stereocenters. The minimum absolute atomic E-state index is 0.0307. The molecule has 3 amide bonds. The largest absolute Gasteiger partial charge is 0.450 e. The number of esters is 3. The van der Waals surface area contributed by atoms with Gasteiger partial charge in [0.2, 0.25) is 0 Å². The lowest BCUT2D eigenvalue weighted by molar-refractivity contribution is -0.179. The van der Waals surface area contributed by atoms with Gasteiger partial charge in [0.25, 0.3) is 17.7 Å². The average molecular weight is 784 g/mol. The predicted molar refractivity (Wildman–Crippen MR) is 214 cm³/mol. The lowest BCUT2D eigenvalue weighted by Crippen LogP contribution is -2.56. The number of ether oxygens (including phenoxy) is 3. The maximum absolute atomic E-state index is 14.4. The van der Waals surface area contributed by atoms with Crippen LogP contribution < -0.4 is 0 Å². The second-order valence-corrected chi connectivity index (χ2v) is 15.8. The fraction of sp³-hybridized carbons (Fsp3) is 0.467. The summed E-state index contributed by atoms with van der Waals surface area (Å²) in [7, 11) is 4.31. The summed E-state index contributed by atoms with van der Waals surface area (Å²) in [5.41, 5.74) is 2.16. The lowest BCUT2D eigenvalue weighted by Gasteiger charge is -2.37. The van der Waals surface area contributed by atoms with E-state index in [-0.39, 0.29) is 19.3 Å². The number of nitrogens with zero attached hydrogens (tertiary/aromatic N) is 3. The van der Waals surface area contributed by atoms with Crippen molar-refractivity contribution in [3.05, 3.63) is 108 Å². The Kier molecular flexibility index (Phi) is 15.6. The topological polar surface area (TPSA) is 140 Å². The van der Waals surface area contributed by atoms with E-state index in [1.54, 1.807) is 114 Å². The van der Waals surface area contributed by atoms with Crippen LogP contribution in [0.4, 0.5) is 0 Å². The fourth-order valence-corrected chi connectivity index (χ4v) is 6.74. The molecule has 12 heteroatoms. The zero-order valence-corrected chi connectivity index (χ0v) is 34.5. The van der Waals surface area contributed by atoms with Crippen LogP contribution in [0.5, 0.6) is 0 Å². The first-order valence-electron chi connectivity index (χ1n) is 19.5. The normalized spacial score (nSPS) is 23.7. The summed E-state index contributed by atoms with van der Waals surface area (Å²) in [4.78, 5) is 89.9. The molecule has 0 saturated carbocycles.